The van der Waals surface area contributed by atoms with Gasteiger partial charge in [-0.3, -0.25) is 9.36 Å². The molecule has 1 aliphatic heterocycles. The maximum atomic E-state index is 11.5. The Balaban J connectivity index is 0.00000108. The molecular formula is C13H15ClN2O. The van der Waals surface area contributed by atoms with E-state index in [0.717, 1.165) is 18.5 Å². The Morgan fingerprint density at radius 2 is 2.12 bits per heavy atom. The van der Waals surface area contributed by atoms with Crippen LogP contribution in [0.3, 0.4) is 0 Å². The molecule has 1 N–H and O–H groups in total. The molecular weight excluding hydrogens is 236 g/mol. The molecule has 1 atom stereocenters. The average Bonchev–Trinajstić information content (AvgIpc) is 2.56. The van der Waals surface area contributed by atoms with E-state index in [1.165, 1.54) is 10.9 Å². The number of carbonyl (C=O) groups excluding carboxylic acids is 1. The molecule has 0 amide bonds. The van der Waals surface area contributed by atoms with Gasteiger partial charge >= 0.3 is 0 Å². The van der Waals surface area contributed by atoms with Crippen LogP contribution < -0.4 is 5.32 Å². The molecule has 0 radical (unpaired) electrons. The second-order valence-electron chi connectivity index (χ2n) is 4.29. The molecule has 2 heterocycles. The predicted molar refractivity (Wildman–Crippen MR) is 70.8 cm³/mol. The Bertz CT molecular complexity index is 558. The SMILES string of the molecule is CC(=O)n1cc([C@H]2CCN2)c2ccccc21.Cl. The number of fused-ring (bicyclic) bond motifs is 1. The summed E-state index contributed by atoms with van der Waals surface area (Å²) in [6.07, 6.45) is 3.13. The number of aromatic nitrogens is 1. The van der Waals surface area contributed by atoms with Gasteiger partial charge in [0.2, 0.25) is 5.91 Å². The maximum Gasteiger partial charge on any atom is 0.227 e. The molecule has 2 aromatic rings. The highest BCUT2D eigenvalue weighted by Crippen LogP contribution is 2.31. The van der Waals surface area contributed by atoms with Crippen molar-refractivity contribution in [1.82, 2.24) is 9.88 Å². The number of hydrogen-bond donors (Lipinski definition) is 1. The van der Waals surface area contributed by atoms with Gasteiger partial charge in [0.25, 0.3) is 0 Å². The first kappa shape index (κ1) is 12.1. The monoisotopic (exact) mass is 250 g/mol. The van der Waals surface area contributed by atoms with E-state index < -0.39 is 0 Å². The standard InChI is InChI=1S/C13H14N2O.ClH/c1-9(16)15-8-11(12-6-7-14-12)10-4-2-3-5-13(10)15;/h2-5,8,12,14H,6-7H2,1H3;1H/t12-;/m1./s1. The minimum Gasteiger partial charge on any atom is -0.310 e. The fraction of sp³-hybridized carbons (Fsp3) is 0.308. The van der Waals surface area contributed by atoms with E-state index in [0.29, 0.717) is 6.04 Å². The number of carbonyl (C=O) groups is 1. The van der Waals surface area contributed by atoms with Gasteiger partial charge in [-0.25, -0.2) is 0 Å². The predicted octanol–water partition coefficient (Wildman–Crippen LogP) is 2.76. The van der Waals surface area contributed by atoms with Crippen molar-refractivity contribution in [3.05, 3.63) is 36.0 Å². The van der Waals surface area contributed by atoms with Crippen molar-refractivity contribution >= 4 is 29.2 Å². The zero-order valence-electron chi connectivity index (χ0n) is 9.64. The first-order valence-electron chi connectivity index (χ1n) is 5.61. The van der Waals surface area contributed by atoms with Crippen LogP contribution in [0.4, 0.5) is 0 Å². The van der Waals surface area contributed by atoms with Gasteiger partial charge in [0.05, 0.1) is 5.52 Å². The molecule has 1 saturated heterocycles. The molecule has 0 bridgehead atoms. The summed E-state index contributed by atoms with van der Waals surface area (Å²) in [5, 5.41) is 4.57. The molecule has 0 saturated carbocycles. The highest BCUT2D eigenvalue weighted by atomic mass is 35.5. The summed E-state index contributed by atoms with van der Waals surface area (Å²) in [6, 6.07) is 8.50. The van der Waals surface area contributed by atoms with Crippen LogP contribution in [0.5, 0.6) is 0 Å². The van der Waals surface area contributed by atoms with Crippen LogP contribution in [0.1, 0.15) is 29.7 Å². The molecule has 90 valence electrons. The zero-order chi connectivity index (χ0) is 11.1. The van der Waals surface area contributed by atoms with E-state index >= 15 is 0 Å². The molecule has 1 aromatic heterocycles. The number of hydrogen-bond acceptors (Lipinski definition) is 2. The Hall–Kier alpha value is -1.32. The average molecular weight is 251 g/mol. The van der Waals surface area contributed by atoms with E-state index in [-0.39, 0.29) is 18.3 Å². The molecule has 3 rings (SSSR count). The summed E-state index contributed by atoms with van der Waals surface area (Å²) >= 11 is 0. The number of halogens is 1. The van der Waals surface area contributed by atoms with Gasteiger partial charge in [-0.15, -0.1) is 12.4 Å². The topological polar surface area (TPSA) is 34.0 Å². The van der Waals surface area contributed by atoms with E-state index in [2.05, 4.69) is 11.4 Å². The van der Waals surface area contributed by atoms with Gasteiger partial charge < -0.3 is 5.32 Å². The molecule has 1 aliphatic rings. The van der Waals surface area contributed by atoms with Crippen molar-refractivity contribution in [1.29, 1.82) is 0 Å². The fourth-order valence-electron chi connectivity index (χ4n) is 2.30. The molecule has 1 aromatic carbocycles. The van der Waals surface area contributed by atoms with Gasteiger partial charge in [-0.1, -0.05) is 18.2 Å². The van der Waals surface area contributed by atoms with Crippen LogP contribution in [0.2, 0.25) is 0 Å². The van der Waals surface area contributed by atoms with Crippen LogP contribution in [0.25, 0.3) is 10.9 Å². The second kappa shape index (κ2) is 4.51. The quantitative estimate of drug-likeness (QED) is 0.845. The Morgan fingerprint density at radius 1 is 1.41 bits per heavy atom. The Labute approximate surface area is 106 Å². The highest BCUT2D eigenvalue weighted by Gasteiger charge is 2.23. The van der Waals surface area contributed by atoms with Crippen molar-refractivity contribution in [2.75, 3.05) is 6.54 Å². The number of rotatable bonds is 1. The summed E-state index contributed by atoms with van der Waals surface area (Å²) in [5.41, 5.74) is 2.26. The van der Waals surface area contributed by atoms with Gasteiger partial charge in [0.15, 0.2) is 0 Å². The number of benzene rings is 1. The maximum absolute atomic E-state index is 11.5. The van der Waals surface area contributed by atoms with Crippen LogP contribution in [0.15, 0.2) is 30.5 Å². The fourth-order valence-corrected chi connectivity index (χ4v) is 2.30. The van der Waals surface area contributed by atoms with Crippen molar-refractivity contribution in [2.45, 2.75) is 19.4 Å². The lowest BCUT2D eigenvalue weighted by Crippen LogP contribution is -2.34. The van der Waals surface area contributed by atoms with Gasteiger partial charge in [-0.2, -0.15) is 0 Å². The lowest BCUT2D eigenvalue weighted by atomic mass is 9.98. The summed E-state index contributed by atoms with van der Waals surface area (Å²) in [4.78, 5) is 11.5. The molecule has 1 fully saturated rings. The van der Waals surface area contributed by atoms with Crippen LogP contribution in [-0.2, 0) is 0 Å². The Morgan fingerprint density at radius 3 is 2.71 bits per heavy atom. The van der Waals surface area contributed by atoms with Gasteiger partial charge in [0.1, 0.15) is 0 Å². The van der Waals surface area contributed by atoms with Crippen molar-refractivity contribution < 1.29 is 4.79 Å². The Kier molecular flexibility index (Phi) is 3.22. The number of nitrogens with zero attached hydrogens (tertiary/aromatic N) is 1. The van der Waals surface area contributed by atoms with Crippen molar-refractivity contribution in [3.8, 4) is 0 Å². The second-order valence-corrected chi connectivity index (χ2v) is 4.29. The summed E-state index contributed by atoms with van der Waals surface area (Å²) in [5.74, 6) is 0.0711. The van der Waals surface area contributed by atoms with E-state index in [4.69, 9.17) is 0 Å². The highest BCUT2D eigenvalue weighted by molar-refractivity contribution is 5.93. The van der Waals surface area contributed by atoms with E-state index in [1.54, 1.807) is 11.5 Å². The third-order valence-electron chi connectivity index (χ3n) is 3.28. The minimum atomic E-state index is 0. The lowest BCUT2D eigenvalue weighted by Gasteiger charge is -2.27. The largest absolute Gasteiger partial charge is 0.310 e. The number of para-hydroxylation sites is 1. The minimum absolute atomic E-state index is 0. The van der Waals surface area contributed by atoms with Gasteiger partial charge in [-0.05, 0) is 24.6 Å². The summed E-state index contributed by atoms with van der Waals surface area (Å²) in [7, 11) is 0. The number of nitrogens with one attached hydrogen (secondary N) is 1. The van der Waals surface area contributed by atoms with E-state index in [1.807, 2.05) is 24.4 Å². The van der Waals surface area contributed by atoms with Gasteiger partial charge in [0, 0.05) is 24.5 Å². The van der Waals surface area contributed by atoms with Crippen molar-refractivity contribution in [3.63, 3.8) is 0 Å². The van der Waals surface area contributed by atoms with E-state index in [9.17, 15) is 4.79 Å². The summed E-state index contributed by atoms with van der Waals surface area (Å²) in [6.45, 7) is 2.68. The summed E-state index contributed by atoms with van der Waals surface area (Å²) < 4.78 is 1.74. The molecule has 0 unspecified atom stereocenters. The third-order valence-corrected chi connectivity index (χ3v) is 3.28. The molecule has 17 heavy (non-hydrogen) atoms. The first-order valence-corrected chi connectivity index (χ1v) is 5.61. The zero-order valence-corrected chi connectivity index (χ0v) is 10.5. The molecule has 3 nitrogen and oxygen atoms in total. The van der Waals surface area contributed by atoms with Crippen LogP contribution in [0, 0.1) is 0 Å². The van der Waals surface area contributed by atoms with Crippen molar-refractivity contribution in [2.24, 2.45) is 0 Å². The van der Waals surface area contributed by atoms with Crippen LogP contribution >= 0.6 is 12.4 Å². The molecule has 0 aliphatic carbocycles. The molecule has 4 heteroatoms. The van der Waals surface area contributed by atoms with Crippen LogP contribution in [-0.4, -0.2) is 17.0 Å². The third kappa shape index (κ3) is 1.85. The first-order chi connectivity index (χ1) is 7.77. The smallest absolute Gasteiger partial charge is 0.227 e. The molecule has 0 spiro atoms. The lowest BCUT2D eigenvalue weighted by molar-refractivity contribution is 0.0941. The normalized spacial score (nSPS) is 18.5.